The Morgan fingerprint density at radius 3 is 3.18 bits per heavy atom. The van der Waals surface area contributed by atoms with Crippen LogP contribution >= 0.6 is 11.3 Å². The summed E-state index contributed by atoms with van der Waals surface area (Å²) in [5, 5.41) is 10.3. The molecule has 1 fully saturated rings. The maximum absolute atomic E-state index is 11.9. The van der Waals surface area contributed by atoms with Crippen molar-refractivity contribution in [3.05, 3.63) is 22.4 Å². The van der Waals surface area contributed by atoms with Gasteiger partial charge in [-0.05, 0) is 29.3 Å². The van der Waals surface area contributed by atoms with Gasteiger partial charge in [0.2, 0.25) is 5.91 Å². The lowest BCUT2D eigenvalue weighted by molar-refractivity contribution is -0.127. The quantitative estimate of drug-likeness (QED) is 0.838. The third-order valence-corrected chi connectivity index (χ3v) is 4.06. The molecule has 2 N–H and O–H groups in total. The molecule has 0 aliphatic carbocycles. The van der Waals surface area contributed by atoms with E-state index in [-0.39, 0.29) is 11.9 Å². The lowest BCUT2D eigenvalue weighted by Crippen LogP contribution is -2.57. The molecule has 0 aromatic carbocycles. The van der Waals surface area contributed by atoms with E-state index in [2.05, 4.69) is 39.3 Å². The number of amides is 1. The molecule has 2 rings (SSSR count). The minimum absolute atomic E-state index is 0.0661. The van der Waals surface area contributed by atoms with Crippen LogP contribution in [-0.4, -0.2) is 43.5 Å². The molecule has 2 atom stereocenters. The van der Waals surface area contributed by atoms with Gasteiger partial charge < -0.3 is 10.6 Å². The topological polar surface area (TPSA) is 44.4 Å². The lowest BCUT2D eigenvalue weighted by atomic mass is 10.1. The second kappa shape index (κ2) is 5.62. The normalized spacial score (nSPS) is 23.3. The Labute approximate surface area is 106 Å². The van der Waals surface area contributed by atoms with E-state index in [1.165, 1.54) is 5.56 Å². The summed E-state index contributed by atoms with van der Waals surface area (Å²) in [5.74, 6) is 0.0966. The fourth-order valence-corrected chi connectivity index (χ4v) is 3.04. The Hall–Kier alpha value is -0.910. The van der Waals surface area contributed by atoms with Crippen LogP contribution in [0.4, 0.5) is 0 Å². The standard InChI is InChI=1S/C12H19N3OS/c1-9(10-3-6-17-8-10)15-5-4-14-7-11(15)12(16)13-2/h3,6,8-9,11,14H,4-5,7H2,1-2H3,(H,13,16). The number of hydrogen-bond acceptors (Lipinski definition) is 4. The number of likely N-dealkylation sites (N-methyl/N-ethyl adjacent to an activating group) is 1. The number of carbonyl (C=O) groups excluding carboxylic acids is 1. The summed E-state index contributed by atoms with van der Waals surface area (Å²) in [4.78, 5) is 14.1. The summed E-state index contributed by atoms with van der Waals surface area (Å²) in [6.07, 6.45) is 0. The molecule has 0 radical (unpaired) electrons. The molecule has 0 saturated carbocycles. The van der Waals surface area contributed by atoms with Crippen molar-refractivity contribution in [3.63, 3.8) is 0 Å². The predicted octanol–water partition coefficient (Wildman–Crippen LogP) is 0.829. The average molecular weight is 253 g/mol. The molecule has 1 aromatic rings. The number of piperazine rings is 1. The van der Waals surface area contributed by atoms with E-state index in [4.69, 9.17) is 0 Å². The molecular weight excluding hydrogens is 234 g/mol. The first-order valence-corrected chi connectivity index (χ1v) is 6.88. The number of carbonyl (C=O) groups is 1. The molecule has 0 bridgehead atoms. The van der Waals surface area contributed by atoms with Gasteiger partial charge in [0.1, 0.15) is 6.04 Å². The van der Waals surface area contributed by atoms with Gasteiger partial charge in [0.15, 0.2) is 0 Å². The van der Waals surface area contributed by atoms with Gasteiger partial charge in [0.05, 0.1) is 0 Å². The van der Waals surface area contributed by atoms with Gasteiger partial charge in [0.25, 0.3) is 0 Å². The van der Waals surface area contributed by atoms with E-state index in [0.717, 1.165) is 19.6 Å². The SMILES string of the molecule is CNC(=O)C1CNCCN1C(C)c1ccsc1. The third-order valence-electron chi connectivity index (χ3n) is 3.36. The van der Waals surface area contributed by atoms with Gasteiger partial charge in [0, 0.05) is 32.7 Å². The van der Waals surface area contributed by atoms with Crippen LogP contribution in [0.15, 0.2) is 16.8 Å². The van der Waals surface area contributed by atoms with Gasteiger partial charge in [-0.1, -0.05) is 0 Å². The molecule has 94 valence electrons. The Morgan fingerprint density at radius 2 is 2.53 bits per heavy atom. The number of rotatable bonds is 3. The second-order valence-electron chi connectivity index (χ2n) is 4.30. The predicted molar refractivity (Wildman–Crippen MR) is 70.2 cm³/mol. The van der Waals surface area contributed by atoms with Crippen LogP contribution < -0.4 is 10.6 Å². The summed E-state index contributed by atoms with van der Waals surface area (Å²) in [6.45, 7) is 4.76. The molecular formula is C12H19N3OS. The van der Waals surface area contributed by atoms with E-state index < -0.39 is 0 Å². The summed E-state index contributed by atoms with van der Waals surface area (Å²) in [5.41, 5.74) is 1.30. The van der Waals surface area contributed by atoms with Crippen molar-refractivity contribution >= 4 is 17.2 Å². The van der Waals surface area contributed by atoms with Crippen molar-refractivity contribution < 1.29 is 4.79 Å². The van der Waals surface area contributed by atoms with Gasteiger partial charge in [-0.25, -0.2) is 0 Å². The lowest BCUT2D eigenvalue weighted by Gasteiger charge is -2.38. The maximum atomic E-state index is 11.9. The molecule has 5 heteroatoms. The highest BCUT2D eigenvalue weighted by atomic mass is 32.1. The largest absolute Gasteiger partial charge is 0.358 e. The zero-order valence-electron chi connectivity index (χ0n) is 10.3. The average Bonchev–Trinajstić information content (AvgIpc) is 2.91. The number of nitrogens with one attached hydrogen (secondary N) is 2. The highest BCUT2D eigenvalue weighted by molar-refractivity contribution is 7.07. The van der Waals surface area contributed by atoms with E-state index >= 15 is 0 Å². The van der Waals surface area contributed by atoms with Crippen LogP contribution in [0.1, 0.15) is 18.5 Å². The highest BCUT2D eigenvalue weighted by Gasteiger charge is 2.31. The first-order chi connectivity index (χ1) is 8.24. The third kappa shape index (κ3) is 2.68. The fourth-order valence-electron chi connectivity index (χ4n) is 2.30. The maximum Gasteiger partial charge on any atom is 0.238 e. The van der Waals surface area contributed by atoms with Gasteiger partial charge in [-0.2, -0.15) is 11.3 Å². The molecule has 17 heavy (non-hydrogen) atoms. The van der Waals surface area contributed by atoms with Crippen molar-refractivity contribution in [3.8, 4) is 0 Å². The first kappa shape index (κ1) is 12.5. The van der Waals surface area contributed by atoms with Gasteiger partial charge >= 0.3 is 0 Å². The van der Waals surface area contributed by atoms with Crippen LogP contribution in [0.3, 0.4) is 0 Å². The second-order valence-corrected chi connectivity index (χ2v) is 5.08. The van der Waals surface area contributed by atoms with Crippen molar-refractivity contribution in [1.82, 2.24) is 15.5 Å². The van der Waals surface area contributed by atoms with Crippen LogP contribution in [0, 0.1) is 0 Å². The Balaban J connectivity index is 2.13. The zero-order chi connectivity index (χ0) is 12.3. The van der Waals surface area contributed by atoms with Crippen molar-refractivity contribution in [2.24, 2.45) is 0 Å². The number of thiophene rings is 1. The fraction of sp³-hybridized carbons (Fsp3) is 0.583. The van der Waals surface area contributed by atoms with E-state index in [9.17, 15) is 4.79 Å². The molecule has 1 aliphatic rings. The molecule has 1 amide bonds. The van der Waals surface area contributed by atoms with Crippen molar-refractivity contribution in [1.29, 1.82) is 0 Å². The van der Waals surface area contributed by atoms with Crippen LogP contribution in [0.25, 0.3) is 0 Å². The van der Waals surface area contributed by atoms with Crippen LogP contribution in [0.5, 0.6) is 0 Å². The number of nitrogens with zero attached hydrogens (tertiary/aromatic N) is 1. The van der Waals surface area contributed by atoms with Crippen molar-refractivity contribution in [2.45, 2.75) is 19.0 Å². The molecule has 1 aromatic heterocycles. The van der Waals surface area contributed by atoms with Gasteiger partial charge in [-0.15, -0.1) is 0 Å². The van der Waals surface area contributed by atoms with E-state index in [1.54, 1.807) is 18.4 Å². The molecule has 2 unspecified atom stereocenters. The Kier molecular flexibility index (Phi) is 4.15. The first-order valence-electron chi connectivity index (χ1n) is 5.94. The van der Waals surface area contributed by atoms with E-state index in [0.29, 0.717) is 6.04 Å². The Morgan fingerprint density at radius 1 is 1.71 bits per heavy atom. The molecule has 0 spiro atoms. The monoisotopic (exact) mass is 253 g/mol. The van der Waals surface area contributed by atoms with E-state index in [1.807, 2.05) is 0 Å². The minimum Gasteiger partial charge on any atom is -0.358 e. The molecule has 1 aliphatic heterocycles. The molecule has 4 nitrogen and oxygen atoms in total. The smallest absolute Gasteiger partial charge is 0.238 e. The molecule has 1 saturated heterocycles. The summed E-state index contributed by atoms with van der Waals surface area (Å²) >= 11 is 1.70. The summed E-state index contributed by atoms with van der Waals surface area (Å²) in [7, 11) is 1.70. The van der Waals surface area contributed by atoms with Crippen molar-refractivity contribution in [2.75, 3.05) is 26.7 Å². The molecule has 2 heterocycles. The zero-order valence-corrected chi connectivity index (χ0v) is 11.1. The summed E-state index contributed by atoms with van der Waals surface area (Å²) < 4.78 is 0. The summed E-state index contributed by atoms with van der Waals surface area (Å²) in [6, 6.07) is 2.37. The van der Waals surface area contributed by atoms with Crippen LogP contribution in [-0.2, 0) is 4.79 Å². The number of hydrogen-bond donors (Lipinski definition) is 2. The van der Waals surface area contributed by atoms with Crippen LogP contribution in [0.2, 0.25) is 0 Å². The van der Waals surface area contributed by atoms with Gasteiger partial charge in [-0.3, -0.25) is 9.69 Å². The Bertz CT molecular complexity index is 366. The highest BCUT2D eigenvalue weighted by Crippen LogP contribution is 2.25. The minimum atomic E-state index is -0.0661.